The van der Waals surface area contributed by atoms with Crippen molar-refractivity contribution in [1.29, 1.82) is 0 Å². The second kappa shape index (κ2) is 8.01. The van der Waals surface area contributed by atoms with Crippen molar-refractivity contribution in [2.75, 3.05) is 19.5 Å². The van der Waals surface area contributed by atoms with Crippen LogP contribution in [0.25, 0.3) is 11.3 Å². The van der Waals surface area contributed by atoms with Gasteiger partial charge < -0.3 is 19.5 Å². The van der Waals surface area contributed by atoms with Gasteiger partial charge in [-0.25, -0.2) is 4.98 Å². The standard InChI is InChI=1S/C18H16F2N2O3S/c1-23-15-8-5-12(9-16(15)24-2)21-18-22-14(10-26-18)11-3-6-13(7-4-11)25-17(19)20/h3-10,17H,1-2H3,(H,21,22). The van der Waals surface area contributed by atoms with Crippen molar-refractivity contribution < 1.29 is 23.0 Å². The number of nitrogens with zero attached hydrogens (tertiary/aromatic N) is 1. The molecule has 0 aliphatic carbocycles. The molecule has 5 nitrogen and oxygen atoms in total. The highest BCUT2D eigenvalue weighted by Gasteiger charge is 2.09. The minimum Gasteiger partial charge on any atom is -0.493 e. The van der Waals surface area contributed by atoms with Gasteiger partial charge in [-0.3, -0.25) is 0 Å². The molecular formula is C18H16F2N2O3S. The fourth-order valence-corrected chi connectivity index (χ4v) is 3.05. The van der Waals surface area contributed by atoms with Crippen LogP contribution in [0.2, 0.25) is 0 Å². The molecule has 1 N–H and O–H groups in total. The smallest absolute Gasteiger partial charge is 0.387 e. The third-order valence-corrected chi connectivity index (χ3v) is 4.27. The summed E-state index contributed by atoms with van der Waals surface area (Å²) in [4.78, 5) is 4.51. The minimum absolute atomic E-state index is 0.114. The van der Waals surface area contributed by atoms with E-state index in [4.69, 9.17) is 9.47 Å². The molecule has 8 heteroatoms. The molecule has 0 aliphatic heterocycles. The molecule has 0 aliphatic rings. The third kappa shape index (κ3) is 4.20. The molecule has 0 bridgehead atoms. The molecule has 3 rings (SSSR count). The lowest BCUT2D eigenvalue weighted by molar-refractivity contribution is -0.0498. The molecule has 0 saturated carbocycles. The monoisotopic (exact) mass is 378 g/mol. The number of nitrogens with one attached hydrogen (secondary N) is 1. The Bertz CT molecular complexity index is 869. The number of anilines is 2. The number of hydrogen-bond donors (Lipinski definition) is 1. The predicted octanol–water partition coefficient (Wildman–Crippen LogP) is 5.17. The topological polar surface area (TPSA) is 52.6 Å². The molecule has 136 valence electrons. The number of methoxy groups -OCH3 is 2. The zero-order chi connectivity index (χ0) is 18.5. The Labute approximate surface area is 153 Å². The number of ether oxygens (including phenoxy) is 3. The van der Waals surface area contributed by atoms with Gasteiger partial charge in [0, 0.05) is 22.7 Å². The van der Waals surface area contributed by atoms with Crippen LogP contribution >= 0.6 is 11.3 Å². The lowest BCUT2D eigenvalue weighted by Gasteiger charge is -2.09. The summed E-state index contributed by atoms with van der Waals surface area (Å²) in [6.45, 7) is -2.84. The van der Waals surface area contributed by atoms with Crippen molar-refractivity contribution in [2.45, 2.75) is 6.61 Å². The van der Waals surface area contributed by atoms with Crippen LogP contribution in [0.5, 0.6) is 17.2 Å². The van der Waals surface area contributed by atoms with Crippen LogP contribution in [0.4, 0.5) is 19.6 Å². The maximum absolute atomic E-state index is 12.2. The van der Waals surface area contributed by atoms with Crippen molar-refractivity contribution in [1.82, 2.24) is 4.98 Å². The summed E-state index contributed by atoms with van der Waals surface area (Å²) in [5.41, 5.74) is 2.36. The second-order valence-corrected chi connectivity index (χ2v) is 5.99. The quantitative estimate of drug-likeness (QED) is 0.614. The Balaban J connectivity index is 1.74. The molecule has 1 heterocycles. The third-order valence-electron chi connectivity index (χ3n) is 3.51. The van der Waals surface area contributed by atoms with Crippen LogP contribution in [0.1, 0.15) is 0 Å². The number of hydrogen-bond acceptors (Lipinski definition) is 6. The molecule has 3 aromatic rings. The van der Waals surface area contributed by atoms with E-state index in [9.17, 15) is 8.78 Å². The molecule has 0 fully saturated rings. The van der Waals surface area contributed by atoms with Gasteiger partial charge in [0.15, 0.2) is 16.6 Å². The summed E-state index contributed by atoms with van der Waals surface area (Å²) in [6, 6.07) is 11.8. The highest BCUT2D eigenvalue weighted by molar-refractivity contribution is 7.14. The zero-order valence-corrected chi connectivity index (χ0v) is 14.8. The summed E-state index contributed by atoms with van der Waals surface area (Å²) in [5.74, 6) is 1.37. The number of rotatable bonds is 7. The Kier molecular flexibility index (Phi) is 5.52. The average molecular weight is 378 g/mol. The van der Waals surface area contributed by atoms with E-state index < -0.39 is 6.61 Å². The van der Waals surface area contributed by atoms with E-state index in [0.29, 0.717) is 16.6 Å². The summed E-state index contributed by atoms with van der Waals surface area (Å²) in [7, 11) is 3.15. The van der Waals surface area contributed by atoms with Crippen LogP contribution in [0.15, 0.2) is 47.8 Å². The second-order valence-electron chi connectivity index (χ2n) is 5.14. The fourth-order valence-electron chi connectivity index (χ4n) is 2.31. The first-order valence-electron chi connectivity index (χ1n) is 7.59. The van der Waals surface area contributed by atoms with Gasteiger partial charge >= 0.3 is 6.61 Å². The van der Waals surface area contributed by atoms with E-state index in [1.165, 1.54) is 23.5 Å². The van der Waals surface area contributed by atoms with Crippen molar-refractivity contribution in [3.8, 4) is 28.5 Å². The van der Waals surface area contributed by atoms with Gasteiger partial charge in [0.1, 0.15) is 5.75 Å². The van der Waals surface area contributed by atoms with Gasteiger partial charge in [-0.2, -0.15) is 8.78 Å². The van der Waals surface area contributed by atoms with Crippen molar-refractivity contribution in [2.24, 2.45) is 0 Å². The van der Waals surface area contributed by atoms with Crippen LogP contribution in [0.3, 0.4) is 0 Å². The lowest BCUT2D eigenvalue weighted by atomic mass is 10.2. The maximum atomic E-state index is 12.2. The van der Waals surface area contributed by atoms with E-state index in [1.807, 2.05) is 17.5 Å². The summed E-state index contributed by atoms with van der Waals surface area (Å²) < 4.78 is 39.2. The van der Waals surface area contributed by atoms with Gasteiger partial charge in [0.25, 0.3) is 0 Å². The first-order valence-corrected chi connectivity index (χ1v) is 8.47. The van der Waals surface area contributed by atoms with E-state index >= 15 is 0 Å². The molecule has 26 heavy (non-hydrogen) atoms. The Hall–Kier alpha value is -2.87. The zero-order valence-electron chi connectivity index (χ0n) is 14.0. The van der Waals surface area contributed by atoms with Crippen molar-refractivity contribution >= 4 is 22.2 Å². The molecule has 0 saturated heterocycles. The summed E-state index contributed by atoms with van der Waals surface area (Å²) >= 11 is 1.43. The average Bonchev–Trinajstić information content (AvgIpc) is 3.10. The summed E-state index contributed by atoms with van der Waals surface area (Å²) in [6.07, 6.45) is 0. The van der Waals surface area contributed by atoms with Gasteiger partial charge in [-0.15, -0.1) is 11.3 Å². The number of halogens is 2. The molecule has 0 radical (unpaired) electrons. The van der Waals surface area contributed by atoms with Crippen LogP contribution in [-0.2, 0) is 0 Å². The van der Waals surface area contributed by atoms with Gasteiger partial charge in [0.2, 0.25) is 0 Å². The lowest BCUT2D eigenvalue weighted by Crippen LogP contribution is -2.01. The van der Waals surface area contributed by atoms with Crippen LogP contribution in [-0.4, -0.2) is 25.8 Å². The van der Waals surface area contributed by atoms with Crippen LogP contribution < -0.4 is 19.5 Å². The molecule has 0 spiro atoms. The summed E-state index contributed by atoms with van der Waals surface area (Å²) in [5, 5.41) is 5.78. The molecule has 0 unspecified atom stereocenters. The SMILES string of the molecule is COc1ccc(Nc2nc(-c3ccc(OC(F)F)cc3)cs2)cc1OC. The van der Waals surface area contributed by atoms with E-state index in [0.717, 1.165) is 16.9 Å². The first-order chi connectivity index (χ1) is 12.6. The number of alkyl halides is 2. The van der Waals surface area contributed by atoms with Gasteiger partial charge in [-0.05, 0) is 36.4 Å². The highest BCUT2D eigenvalue weighted by Crippen LogP contribution is 2.33. The fraction of sp³-hybridized carbons (Fsp3) is 0.167. The number of aromatic nitrogens is 1. The number of benzene rings is 2. The van der Waals surface area contributed by atoms with Crippen LogP contribution in [0, 0.1) is 0 Å². The van der Waals surface area contributed by atoms with E-state index in [-0.39, 0.29) is 5.75 Å². The predicted molar refractivity (Wildman–Crippen MR) is 97.0 cm³/mol. The first kappa shape index (κ1) is 17.9. The Morgan fingerprint density at radius 3 is 2.38 bits per heavy atom. The molecular weight excluding hydrogens is 362 g/mol. The largest absolute Gasteiger partial charge is 0.493 e. The molecule has 0 atom stereocenters. The molecule has 1 aromatic heterocycles. The number of thiazole rings is 1. The minimum atomic E-state index is -2.84. The highest BCUT2D eigenvalue weighted by atomic mass is 32.1. The maximum Gasteiger partial charge on any atom is 0.387 e. The van der Waals surface area contributed by atoms with Gasteiger partial charge in [-0.1, -0.05) is 0 Å². The van der Waals surface area contributed by atoms with E-state index in [2.05, 4.69) is 15.0 Å². The van der Waals surface area contributed by atoms with Crippen molar-refractivity contribution in [3.05, 3.63) is 47.8 Å². The van der Waals surface area contributed by atoms with E-state index in [1.54, 1.807) is 32.4 Å². The van der Waals surface area contributed by atoms with Crippen molar-refractivity contribution in [3.63, 3.8) is 0 Å². The Morgan fingerprint density at radius 2 is 1.73 bits per heavy atom. The molecule has 2 aromatic carbocycles. The normalized spacial score (nSPS) is 10.7. The van der Waals surface area contributed by atoms with Gasteiger partial charge in [0.05, 0.1) is 19.9 Å². The Morgan fingerprint density at radius 1 is 1.00 bits per heavy atom. The molecule has 0 amide bonds.